The van der Waals surface area contributed by atoms with Gasteiger partial charge in [-0.3, -0.25) is 0 Å². The zero-order valence-corrected chi connectivity index (χ0v) is 5.02. The van der Waals surface area contributed by atoms with Gasteiger partial charge in [-0.2, -0.15) is 0 Å². The maximum atomic E-state index is 4.26. The molecule has 0 amide bonds. The van der Waals surface area contributed by atoms with Gasteiger partial charge in [0.1, 0.15) is 0 Å². The Labute approximate surface area is 55.5 Å². The first-order chi connectivity index (χ1) is 3.50. The van der Waals surface area contributed by atoms with Crippen molar-refractivity contribution in [3.8, 4) is 0 Å². The average Bonchev–Trinajstić information content (AvgIpc) is 2.23. The second kappa shape index (κ2) is 6.13. The first kappa shape index (κ1) is 7.13. The molecule has 0 aliphatic carbocycles. The molecule has 0 bridgehead atoms. The summed E-state index contributed by atoms with van der Waals surface area (Å²) in [5, 5.41) is 0. The van der Waals surface area contributed by atoms with E-state index < -0.39 is 0 Å². The van der Waals surface area contributed by atoms with Gasteiger partial charge < -0.3 is 30.3 Å². The van der Waals surface area contributed by atoms with E-state index in [0.29, 0.717) is 0 Å². The van der Waals surface area contributed by atoms with E-state index in [2.05, 4.69) is 49.0 Å². The molecule has 0 spiro atoms. The van der Waals surface area contributed by atoms with Crippen molar-refractivity contribution < 1.29 is 14.6 Å². The van der Waals surface area contributed by atoms with Gasteiger partial charge in [-0.25, -0.2) is 0 Å². The monoisotopic (exact) mass is 154 g/mol. The van der Waals surface area contributed by atoms with Crippen molar-refractivity contribution in [3.05, 3.63) is 30.3 Å². The standard InChI is InChI=1S/C5H.ClH.Ni/c1-2-4-5-3-1;;/h1H;1H;/q-5;;+1/p-1. The van der Waals surface area contributed by atoms with E-state index in [1.807, 2.05) is 0 Å². The maximum absolute atomic E-state index is 4.26. The predicted molar refractivity (Wildman–Crippen MR) is 23.2 cm³/mol. The van der Waals surface area contributed by atoms with Crippen molar-refractivity contribution in [2.75, 3.05) is 0 Å². The zero-order valence-electron chi connectivity index (χ0n) is 3.27. The number of hydrogen-bond acceptors (Lipinski definition) is 0. The molecule has 0 aromatic heterocycles. The third-order valence-corrected chi connectivity index (χ3v) is 0.351. The van der Waals surface area contributed by atoms with E-state index in [4.69, 9.17) is 0 Å². The van der Waals surface area contributed by atoms with Crippen LogP contribution in [0.4, 0.5) is 0 Å². The number of halogens is 1. The fourth-order valence-corrected chi connectivity index (χ4v) is 0.180. The molecule has 1 aromatic rings. The van der Waals surface area contributed by atoms with Crippen LogP contribution in [-0.2, 0) is 14.6 Å². The molecule has 0 unspecified atom stereocenters. The van der Waals surface area contributed by atoms with Gasteiger partial charge in [0.05, 0.1) is 0 Å². The second-order valence-corrected chi connectivity index (χ2v) is 0.683. The summed E-state index contributed by atoms with van der Waals surface area (Å²) in [5.41, 5.74) is 0. The normalized spacial score (nSPS) is 6.71. The Morgan fingerprint density at radius 2 is 1.57 bits per heavy atom. The Bertz CT molecular complexity index is 64.6. The smallest absolute Gasteiger partial charge is 0.800 e. The fraction of sp³-hybridized carbons (Fsp3) is 0. The van der Waals surface area contributed by atoms with E-state index in [1.54, 1.807) is 6.07 Å². The van der Waals surface area contributed by atoms with Crippen molar-refractivity contribution in [1.82, 2.24) is 0 Å². The number of rotatable bonds is 0. The van der Waals surface area contributed by atoms with Gasteiger partial charge in [-0.15, -0.1) is 0 Å². The van der Waals surface area contributed by atoms with E-state index in [1.165, 1.54) is 0 Å². The summed E-state index contributed by atoms with van der Waals surface area (Å²) in [6.07, 6.45) is 0. The molecule has 43 valence electrons. The third-order valence-electron chi connectivity index (χ3n) is 0.351. The van der Waals surface area contributed by atoms with Crippen LogP contribution >= 0.6 is 10.2 Å². The summed E-state index contributed by atoms with van der Waals surface area (Å²) in [6, 6.07) is 12.0. The van der Waals surface area contributed by atoms with Crippen LogP contribution in [0.1, 0.15) is 0 Å². The summed E-state index contributed by atoms with van der Waals surface area (Å²) in [5.74, 6) is 0. The Balaban J connectivity index is 0.000000162. The van der Waals surface area contributed by atoms with Gasteiger partial charge in [0.25, 0.3) is 0 Å². The Kier molecular flexibility index (Phi) is 6.25. The van der Waals surface area contributed by atoms with Crippen LogP contribution in [0.2, 0.25) is 0 Å². The van der Waals surface area contributed by atoms with Crippen LogP contribution in [0.25, 0.3) is 0 Å². The summed E-state index contributed by atoms with van der Waals surface area (Å²) in [7, 11) is 4.26. The molecule has 0 aliphatic rings. The van der Waals surface area contributed by atoms with Crippen molar-refractivity contribution in [1.29, 1.82) is 0 Å². The molecule has 2 heteroatoms. The minimum atomic E-state index is 1.64. The molecular weight excluding hydrogens is 154 g/mol. The fourth-order valence-electron chi connectivity index (χ4n) is 0.180. The minimum Gasteiger partial charge on any atom is -0.999 e. The largest absolute Gasteiger partial charge is 0.999 e. The summed E-state index contributed by atoms with van der Waals surface area (Å²) in [6.45, 7) is 0. The van der Waals surface area contributed by atoms with Gasteiger partial charge in [-0.1, -0.05) is 0 Å². The van der Waals surface area contributed by atoms with Gasteiger partial charge in [0.2, 0.25) is 0 Å². The Morgan fingerprint density at radius 1 is 1.14 bits per heavy atom. The molecule has 1 rings (SSSR count). The molecular formula is C5HClNi-5. The van der Waals surface area contributed by atoms with E-state index in [-0.39, 0.29) is 0 Å². The summed E-state index contributed by atoms with van der Waals surface area (Å²) < 4.78 is 0. The Hall–Kier alpha value is 0.134. The van der Waals surface area contributed by atoms with Gasteiger partial charge in [0, 0.05) is 0 Å². The molecule has 0 nitrogen and oxygen atoms in total. The van der Waals surface area contributed by atoms with Crippen LogP contribution in [0.3, 0.4) is 0 Å². The number of hydrogen-bond donors (Lipinski definition) is 0. The van der Waals surface area contributed by atoms with Crippen LogP contribution < -0.4 is 0 Å². The van der Waals surface area contributed by atoms with Crippen LogP contribution in [0.15, 0.2) is 6.07 Å². The molecule has 1 aromatic carbocycles. The average molecular weight is 155 g/mol. The third kappa shape index (κ3) is 3.98. The van der Waals surface area contributed by atoms with E-state index >= 15 is 0 Å². The first-order valence-electron chi connectivity index (χ1n) is 1.45. The molecule has 0 saturated heterocycles. The quantitative estimate of drug-likeness (QED) is 0.391. The maximum Gasteiger partial charge on any atom is -0.800 e. The van der Waals surface area contributed by atoms with Crippen LogP contribution in [-0.4, -0.2) is 0 Å². The molecule has 0 saturated carbocycles. The predicted octanol–water partition coefficient (Wildman–Crippen LogP) is 1.29. The molecule has 7 heavy (non-hydrogen) atoms. The summed E-state index contributed by atoms with van der Waals surface area (Å²) in [4.78, 5) is 0. The van der Waals surface area contributed by atoms with Crippen molar-refractivity contribution >= 4 is 10.2 Å². The van der Waals surface area contributed by atoms with Crippen molar-refractivity contribution in [2.24, 2.45) is 0 Å². The van der Waals surface area contributed by atoms with Crippen LogP contribution in [0, 0.1) is 24.3 Å². The molecule has 0 radical (unpaired) electrons. The van der Waals surface area contributed by atoms with E-state index in [9.17, 15) is 0 Å². The Morgan fingerprint density at radius 3 is 1.71 bits per heavy atom. The zero-order chi connectivity index (χ0) is 5.54. The van der Waals surface area contributed by atoms with Gasteiger partial charge in [-0.05, 0) is 0 Å². The topological polar surface area (TPSA) is 0 Å². The van der Waals surface area contributed by atoms with Crippen molar-refractivity contribution in [2.45, 2.75) is 0 Å². The second-order valence-electron chi connectivity index (χ2n) is 0.683. The SMILES string of the molecule is [Cl][Ni].[c-]1[c-][c-][cH-][c-]1. The molecule has 0 fully saturated rings. The van der Waals surface area contributed by atoms with Gasteiger partial charge in [0.15, 0.2) is 0 Å². The van der Waals surface area contributed by atoms with E-state index in [0.717, 1.165) is 0 Å². The van der Waals surface area contributed by atoms with Crippen molar-refractivity contribution in [3.63, 3.8) is 0 Å². The minimum absolute atomic E-state index is 1.64. The summed E-state index contributed by atoms with van der Waals surface area (Å²) >= 11 is 3.35. The first-order valence-corrected chi connectivity index (χ1v) is 2.81. The molecule has 0 heterocycles. The molecule has 0 N–H and O–H groups in total. The van der Waals surface area contributed by atoms with Crippen LogP contribution in [0.5, 0.6) is 0 Å². The van der Waals surface area contributed by atoms with Gasteiger partial charge >= 0.3 is 24.8 Å². The molecule has 0 atom stereocenters. The molecule has 0 aliphatic heterocycles.